The lowest BCUT2D eigenvalue weighted by atomic mass is 9.78. The molecule has 96 valence electrons. The molecule has 0 bridgehead atoms. The predicted molar refractivity (Wildman–Crippen MR) is 63.3 cm³/mol. The molecule has 1 heterocycles. The van der Waals surface area contributed by atoms with Gasteiger partial charge < -0.3 is 9.64 Å². The van der Waals surface area contributed by atoms with Gasteiger partial charge in [0.05, 0.1) is 6.61 Å². The van der Waals surface area contributed by atoms with Gasteiger partial charge in [-0.05, 0) is 38.5 Å². The van der Waals surface area contributed by atoms with Crippen LogP contribution in [0.4, 0.5) is 0 Å². The van der Waals surface area contributed by atoms with Crippen LogP contribution in [0.15, 0.2) is 0 Å². The predicted octanol–water partition coefficient (Wildman–Crippen LogP) is 1.73. The van der Waals surface area contributed by atoms with Gasteiger partial charge >= 0.3 is 11.9 Å². The van der Waals surface area contributed by atoms with E-state index >= 15 is 0 Å². The average Bonchev–Trinajstić information content (AvgIpc) is 2.37. The van der Waals surface area contributed by atoms with Gasteiger partial charge in [-0.15, -0.1) is 0 Å². The largest absolute Gasteiger partial charge is 0.459 e. The van der Waals surface area contributed by atoms with Crippen LogP contribution in [0, 0.1) is 5.92 Å². The lowest BCUT2D eigenvalue weighted by Crippen LogP contribution is -2.52. The van der Waals surface area contributed by atoms with Crippen molar-refractivity contribution >= 4 is 11.9 Å². The summed E-state index contributed by atoms with van der Waals surface area (Å²) in [5.41, 5.74) is 0. The van der Waals surface area contributed by atoms with Crippen LogP contribution in [-0.2, 0) is 14.3 Å². The van der Waals surface area contributed by atoms with Crippen LogP contribution in [0.1, 0.15) is 45.4 Å². The fourth-order valence-corrected chi connectivity index (χ4v) is 3.19. The second-order valence-corrected chi connectivity index (χ2v) is 4.97. The number of amides is 1. The van der Waals surface area contributed by atoms with E-state index in [1.54, 1.807) is 11.8 Å². The van der Waals surface area contributed by atoms with E-state index in [-0.39, 0.29) is 12.6 Å². The third kappa shape index (κ3) is 2.61. The minimum Gasteiger partial charge on any atom is -0.459 e. The van der Waals surface area contributed by atoms with Gasteiger partial charge in [0.25, 0.3) is 0 Å². The molecule has 2 aliphatic rings. The van der Waals surface area contributed by atoms with Crippen molar-refractivity contribution in [2.75, 3.05) is 13.2 Å². The quantitative estimate of drug-likeness (QED) is 0.517. The molecule has 1 saturated carbocycles. The average molecular weight is 239 g/mol. The molecule has 2 atom stereocenters. The van der Waals surface area contributed by atoms with E-state index in [9.17, 15) is 9.59 Å². The van der Waals surface area contributed by atoms with Crippen LogP contribution < -0.4 is 0 Å². The fourth-order valence-electron chi connectivity index (χ4n) is 3.19. The summed E-state index contributed by atoms with van der Waals surface area (Å²) in [6, 6.07) is 0.286. The van der Waals surface area contributed by atoms with E-state index in [0.717, 1.165) is 19.4 Å². The number of likely N-dealkylation sites (tertiary alicyclic amines) is 1. The maximum Gasteiger partial charge on any atom is 0.397 e. The number of hydrogen-bond acceptors (Lipinski definition) is 3. The number of fused-ring (bicyclic) bond motifs is 1. The van der Waals surface area contributed by atoms with Crippen molar-refractivity contribution in [3.05, 3.63) is 0 Å². The smallest absolute Gasteiger partial charge is 0.397 e. The lowest BCUT2D eigenvalue weighted by molar-refractivity contribution is -0.163. The van der Waals surface area contributed by atoms with Gasteiger partial charge in [-0.1, -0.05) is 12.8 Å². The van der Waals surface area contributed by atoms with Gasteiger partial charge in [-0.3, -0.25) is 4.79 Å². The molecular weight excluding hydrogens is 218 g/mol. The Morgan fingerprint density at radius 2 is 1.88 bits per heavy atom. The molecule has 2 rings (SSSR count). The fraction of sp³-hybridized carbons (Fsp3) is 0.846. The summed E-state index contributed by atoms with van der Waals surface area (Å²) in [5.74, 6) is -0.502. The van der Waals surface area contributed by atoms with Crippen LogP contribution in [-0.4, -0.2) is 36.0 Å². The number of esters is 1. The first-order valence-electron chi connectivity index (χ1n) is 6.71. The van der Waals surface area contributed by atoms with E-state index in [1.807, 2.05) is 0 Å². The number of nitrogens with zero attached hydrogens (tertiary/aromatic N) is 1. The van der Waals surface area contributed by atoms with Gasteiger partial charge in [0.2, 0.25) is 0 Å². The first kappa shape index (κ1) is 12.4. The highest BCUT2D eigenvalue weighted by Crippen LogP contribution is 2.35. The van der Waals surface area contributed by atoms with Gasteiger partial charge in [-0.2, -0.15) is 0 Å². The van der Waals surface area contributed by atoms with Crippen LogP contribution in [0.25, 0.3) is 0 Å². The SMILES string of the molecule is CCOC(=O)C(=O)N1CCCC2CCCCC21. The highest BCUT2D eigenvalue weighted by molar-refractivity contribution is 6.32. The molecule has 0 spiro atoms. The second-order valence-electron chi connectivity index (χ2n) is 4.97. The normalized spacial score (nSPS) is 28.4. The Labute approximate surface area is 102 Å². The van der Waals surface area contributed by atoms with Crippen LogP contribution in [0.5, 0.6) is 0 Å². The molecule has 0 radical (unpaired) electrons. The molecule has 0 N–H and O–H groups in total. The van der Waals surface area contributed by atoms with Gasteiger partial charge in [0.15, 0.2) is 0 Å². The summed E-state index contributed by atoms with van der Waals surface area (Å²) in [7, 11) is 0. The zero-order valence-electron chi connectivity index (χ0n) is 10.5. The van der Waals surface area contributed by atoms with Crippen LogP contribution in [0.2, 0.25) is 0 Å². The van der Waals surface area contributed by atoms with E-state index in [2.05, 4.69) is 0 Å². The number of piperidine rings is 1. The molecule has 1 saturated heterocycles. The maximum absolute atomic E-state index is 12.0. The molecule has 2 fully saturated rings. The van der Waals surface area contributed by atoms with E-state index < -0.39 is 11.9 Å². The number of ether oxygens (including phenoxy) is 1. The zero-order chi connectivity index (χ0) is 12.3. The van der Waals surface area contributed by atoms with E-state index in [0.29, 0.717) is 5.92 Å². The van der Waals surface area contributed by atoms with Gasteiger partial charge in [-0.25, -0.2) is 4.79 Å². The molecule has 0 aromatic rings. The highest BCUT2D eigenvalue weighted by atomic mass is 16.5. The summed E-state index contributed by atoms with van der Waals surface area (Å²) in [5, 5.41) is 0. The van der Waals surface area contributed by atoms with E-state index in [1.165, 1.54) is 25.7 Å². The summed E-state index contributed by atoms with van der Waals surface area (Å²) in [6.07, 6.45) is 6.92. The Morgan fingerprint density at radius 3 is 2.65 bits per heavy atom. The minimum absolute atomic E-state index is 0.270. The number of carbonyl (C=O) groups is 2. The van der Waals surface area contributed by atoms with Gasteiger partial charge in [0, 0.05) is 12.6 Å². The molecule has 1 amide bonds. The molecule has 4 nitrogen and oxygen atoms in total. The van der Waals surface area contributed by atoms with Crippen molar-refractivity contribution in [2.24, 2.45) is 5.92 Å². The standard InChI is InChI=1S/C13H21NO3/c1-2-17-13(16)12(15)14-9-5-7-10-6-3-4-8-11(10)14/h10-11H,2-9H2,1H3. The molecule has 0 aromatic heterocycles. The molecule has 1 aliphatic heterocycles. The van der Waals surface area contributed by atoms with Crippen LogP contribution in [0.3, 0.4) is 0 Å². The summed E-state index contributed by atoms with van der Waals surface area (Å²) >= 11 is 0. The van der Waals surface area contributed by atoms with Crippen molar-refractivity contribution in [1.82, 2.24) is 4.90 Å². The first-order valence-corrected chi connectivity index (χ1v) is 6.71. The molecule has 4 heteroatoms. The number of carbonyl (C=O) groups excluding carboxylic acids is 2. The Kier molecular flexibility index (Phi) is 4.02. The molecule has 1 aliphatic carbocycles. The van der Waals surface area contributed by atoms with E-state index in [4.69, 9.17) is 4.74 Å². The van der Waals surface area contributed by atoms with Crippen molar-refractivity contribution in [2.45, 2.75) is 51.5 Å². The summed E-state index contributed by atoms with van der Waals surface area (Å²) in [4.78, 5) is 25.3. The van der Waals surface area contributed by atoms with Crippen molar-refractivity contribution in [3.8, 4) is 0 Å². The number of hydrogen-bond donors (Lipinski definition) is 0. The van der Waals surface area contributed by atoms with Gasteiger partial charge in [0.1, 0.15) is 0 Å². The first-order chi connectivity index (χ1) is 8.24. The molecule has 17 heavy (non-hydrogen) atoms. The zero-order valence-corrected chi connectivity index (χ0v) is 10.5. The Hall–Kier alpha value is -1.06. The van der Waals surface area contributed by atoms with Crippen molar-refractivity contribution in [1.29, 1.82) is 0 Å². The third-order valence-corrected chi connectivity index (χ3v) is 3.95. The van der Waals surface area contributed by atoms with Crippen molar-refractivity contribution in [3.63, 3.8) is 0 Å². The summed E-state index contributed by atoms with van der Waals surface area (Å²) < 4.78 is 4.81. The van der Waals surface area contributed by atoms with Crippen molar-refractivity contribution < 1.29 is 14.3 Å². The Morgan fingerprint density at radius 1 is 1.18 bits per heavy atom. The molecule has 0 aromatic carbocycles. The minimum atomic E-state index is -0.682. The highest BCUT2D eigenvalue weighted by Gasteiger charge is 2.38. The maximum atomic E-state index is 12.0. The Bertz CT molecular complexity index is 301. The molecule has 2 unspecified atom stereocenters. The molecular formula is C13H21NO3. The lowest BCUT2D eigenvalue weighted by Gasteiger charge is -2.43. The third-order valence-electron chi connectivity index (χ3n) is 3.95. The Balaban J connectivity index is 2.03. The number of rotatable bonds is 1. The van der Waals surface area contributed by atoms with Crippen LogP contribution >= 0.6 is 0 Å². The second kappa shape index (κ2) is 5.52. The monoisotopic (exact) mass is 239 g/mol. The topological polar surface area (TPSA) is 46.6 Å². The summed E-state index contributed by atoms with van der Waals surface area (Å²) in [6.45, 7) is 2.72.